The summed E-state index contributed by atoms with van der Waals surface area (Å²) >= 11 is 0. The van der Waals surface area contributed by atoms with Crippen LogP contribution in [0.15, 0.2) is 0 Å². The van der Waals surface area contributed by atoms with Crippen LogP contribution >= 0.6 is 0 Å². The van der Waals surface area contributed by atoms with Crippen molar-refractivity contribution in [2.45, 2.75) is 0 Å². The van der Waals surface area contributed by atoms with Gasteiger partial charge < -0.3 is 11.3 Å². The molecule has 0 aromatic heterocycles. The first-order valence-corrected chi connectivity index (χ1v) is 3.54. The van der Waals surface area contributed by atoms with Gasteiger partial charge in [-0.3, -0.25) is 5.41 Å². The summed E-state index contributed by atoms with van der Waals surface area (Å²) in [5.41, 5.74) is 6.82. The van der Waals surface area contributed by atoms with Crippen molar-refractivity contribution in [2.24, 2.45) is 0 Å². The second-order valence-corrected chi connectivity index (χ2v) is 2.31. The first-order valence-electron chi connectivity index (χ1n) is 3.54. The van der Waals surface area contributed by atoms with Crippen LogP contribution in [0.4, 0.5) is 0 Å². The lowest BCUT2D eigenvalue weighted by Gasteiger charge is -2.50. The number of rotatable bonds is 5. The number of quaternary nitrogens is 2. The third-order valence-electron chi connectivity index (χ3n) is 1.71. The van der Waals surface area contributed by atoms with E-state index in [9.17, 15) is 0 Å². The molecular formula is C5H17N7. The molecule has 0 amide bonds. The Morgan fingerprint density at radius 2 is 2.25 bits per heavy atom. The van der Waals surface area contributed by atoms with Crippen LogP contribution in [0, 0.1) is 5.41 Å². The van der Waals surface area contributed by atoms with Gasteiger partial charge in [-0.25, -0.2) is 5.12 Å². The van der Waals surface area contributed by atoms with Crippen LogP contribution in [0.1, 0.15) is 0 Å². The van der Waals surface area contributed by atoms with E-state index in [1.54, 1.807) is 28.2 Å². The Hall–Kier alpha value is -0.730. The van der Waals surface area contributed by atoms with Crippen molar-refractivity contribution in [2.75, 3.05) is 28.2 Å². The van der Waals surface area contributed by atoms with Gasteiger partial charge in [0, 0.05) is 7.05 Å². The van der Waals surface area contributed by atoms with Crippen LogP contribution in [0.2, 0.25) is 0 Å². The normalized spacial score (nSPS) is 18.1. The van der Waals surface area contributed by atoms with Crippen molar-refractivity contribution in [1.29, 1.82) is 5.41 Å². The highest BCUT2D eigenvalue weighted by Gasteiger charge is 2.25. The van der Waals surface area contributed by atoms with Gasteiger partial charge in [0.2, 0.25) is 0 Å². The minimum atomic E-state index is -0.177. The summed E-state index contributed by atoms with van der Waals surface area (Å²) in [5, 5.41) is 8.82. The lowest BCUT2D eigenvalue weighted by molar-refractivity contribution is -1.51. The average Bonchev–Trinajstić information content (AvgIpc) is 2.06. The average molecular weight is 175 g/mol. The molecule has 0 aromatic rings. The Labute approximate surface area is 72.7 Å². The smallest absolute Gasteiger partial charge is 0.139 e. The molecule has 0 rings (SSSR count). The van der Waals surface area contributed by atoms with Crippen LogP contribution < -0.4 is 10.5 Å². The quantitative estimate of drug-likeness (QED) is 0.210. The lowest BCUT2D eigenvalue weighted by Crippen LogP contribution is -3.19. The maximum absolute atomic E-state index is 7.50. The van der Waals surface area contributed by atoms with Gasteiger partial charge >= 0.3 is 0 Å². The van der Waals surface area contributed by atoms with E-state index in [1.165, 1.54) is 5.01 Å². The Morgan fingerprint density at radius 1 is 1.75 bits per heavy atom. The van der Waals surface area contributed by atoms with Crippen molar-refractivity contribution in [3.05, 3.63) is 11.3 Å². The van der Waals surface area contributed by atoms with Gasteiger partial charge in [-0.05, 0) is 0 Å². The topological polar surface area (TPSA) is 81.5 Å². The molecule has 2 unspecified atom stereocenters. The first kappa shape index (κ1) is 11.3. The van der Waals surface area contributed by atoms with Crippen LogP contribution in [0.3, 0.4) is 0 Å². The van der Waals surface area contributed by atoms with Crippen LogP contribution in [0.5, 0.6) is 0 Å². The highest BCUT2D eigenvalue weighted by atomic mass is 16.2. The van der Waals surface area contributed by atoms with Gasteiger partial charge in [0.15, 0.2) is 0 Å². The van der Waals surface area contributed by atoms with Gasteiger partial charge in [-0.2, -0.15) is 5.01 Å². The summed E-state index contributed by atoms with van der Waals surface area (Å²) in [6.45, 7) is 0. The molecule has 0 radical (unpaired) electrons. The van der Waals surface area contributed by atoms with E-state index in [1.807, 2.05) is 0 Å². The summed E-state index contributed by atoms with van der Waals surface area (Å²) in [7, 11) is 6.58. The number of nitrogens with zero attached hydrogens (tertiary/aromatic N) is 3. The SMILES string of the molecule is C[N-][N+](NC)(N(C)C=N)[NH+](C)[NH-]. The van der Waals surface area contributed by atoms with E-state index in [4.69, 9.17) is 11.3 Å². The summed E-state index contributed by atoms with van der Waals surface area (Å²) < 4.78 is 0. The van der Waals surface area contributed by atoms with E-state index in [0.717, 1.165) is 6.34 Å². The molecule has 0 spiro atoms. The van der Waals surface area contributed by atoms with Crippen LogP contribution in [-0.4, -0.2) is 44.5 Å². The minimum Gasteiger partial charge on any atom is -0.414 e. The van der Waals surface area contributed by atoms with E-state index >= 15 is 0 Å². The van der Waals surface area contributed by atoms with Crippen LogP contribution in [0.25, 0.3) is 11.3 Å². The monoisotopic (exact) mass is 175 g/mol. The molecule has 4 N–H and O–H groups in total. The minimum absolute atomic E-state index is 0.177. The van der Waals surface area contributed by atoms with E-state index in [0.29, 0.717) is 5.12 Å². The van der Waals surface area contributed by atoms with E-state index < -0.39 is 0 Å². The Morgan fingerprint density at radius 3 is 2.33 bits per heavy atom. The molecule has 0 heterocycles. The highest BCUT2D eigenvalue weighted by Crippen LogP contribution is 2.00. The van der Waals surface area contributed by atoms with Crippen LogP contribution in [-0.2, 0) is 0 Å². The second kappa shape index (κ2) is 4.33. The van der Waals surface area contributed by atoms with Gasteiger partial charge in [0.1, 0.15) is 13.4 Å². The molecule has 0 aliphatic heterocycles. The third kappa shape index (κ3) is 1.71. The molecule has 0 fully saturated rings. The molecule has 0 saturated carbocycles. The molecule has 72 valence electrons. The number of hydrogen-bond acceptors (Lipinski definition) is 2. The van der Waals surface area contributed by atoms with Crippen molar-refractivity contribution >= 4 is 6.34 Å². The predicted octanol–water partition coefficient (Wildman–Crippen LogP) is -1.29. The van der Waals surface area contributed by atoms with E-state index in [-0.39, 0.29) is 4.92 Å². The maximum Gasteiger partial charge on any atom is 0.139 e. The summed E-state index contributed by atoms with van der Waals surface area (Å²) in [6.07, 6.45) is 1.11. The fourth-order valence-electron chi connectivity index (χ4n) is 1.04. The molecule has 0 aromatic carbocycles. The standard InChI is InChI=1S/C5H17N7/c1-8-12(9-2,11(4)7)10(3)5-6/h5-8,11H,1-4H3. The fourth-order valence-corrected chi connectivity index (χ4v) is 1.04. The summed E-state index contributed by atoms with van der Waals surface area (Å²) in [6, 6.07) is 0. The lowest BCUT2D eigenvalue weighted by atomic mass is 11.0. The Kier molecular flexibility index (Phi) is 4.07. The predicted molar refractivity (Wildman–Crippen MR) is 46.4 cm³/mol. The molecule has 0 aliphatic carbocycles. The van der Waals surface area contributed by atoms with Crippen molar-refractivity contribution < 1.29 is 10.0 Å². The Balaban J connectivity index is 4.67. The molecule has 0 bridgehead atoms. The fraction of sp³-hybridized carbons (Fsp3) is 0.800. The maximum atomic E-state index is 7.50. The number of hydrogen-bond donors (Lipinski definition) is 3. The number of nitrogens with one attached hydrogen (secondary N) is 4. The van der Waals surface area contributed by atoms with Crippen molar-refractivity contribution in [1.82, 2.24) is 10.4 Å². The molecule has 0 saturated heterocycles. The highest BCUT2D eigenvalue weighted by molar-refractivity contribution is 5.47. The van der Waals surface area contributed by atoms with Gasteiger partial charge in [-0.1, -0.05) is 4.92 Å². The van der Waals surface area contributed by atoms with Gasteiger partial charge in [0.25, 0.3) is 0 Å². The van der Waals surface area contributed by atoms with Gasteiger partial charge in [0.05, 0.1) is 7.05 Å². The largest absolute Gasteiger partial charge is 0.414 e. The van der Waals surface area contributed by atoms with Gasteiger partial charge in [-0.15, -0.1) is 12.5 Å². The zero-order valence-electron chi connectivity index (χ0n) is 7.92. The molecule has 2 atom stereocenters. The summed E-state index contributed by atoms with van der Waals surface area (Å²) in [4.78, 5) is -0.177. The van der Waals surface area contributed by atoms with E-state index in [2.05, 4.69) is 10.9 Å². The third-order valence-corrected chi connectivity index (χ3v) is 1.71. The molecular weight excluding hydrogens is 158 g/mol. The summed E-state index contributed by atoms with van der Waals surface area (Å²) in [5.74, 6) is 7.50. The molecule has 12 heavy (non-hydrogen) atoms. The molecule has 7 nitrogen and oxygen atoms in total. The second-order valence-electron chi connectivity index (χ2n) is 2.31. The zero-order chi connectivity index (χ0) is 9.78. The van der Waals surface area contributed by atoms with Crippen molar-refractivity contribution in [3.8, 4) is 0 Å². The van der Waals surface area contributed by atoms with Crippen molar-refractivity contribution in [3.63, 3.8) is 0 Å². The Bertz CT molecular complexity index is 141. The molecule has 7 heteroatoms. The molecule has 0 aliphatic rings. The zero-order valence-corrected chi connectivity index (χ0v) is 7.92. The first-order chi connectivity index (χ1) is 5.55.